The van der Waals surface area contributed by atoms with Gasteiger partial charge in [-0.05, 0) is 49.4 Å². The lowest BCUT2D eigenvalue weighted by Crippen LogP contribution is -1.84. The third kappa shape index (κ3) is 2.71. The van der Waals surface area contributed by atoms with Gasteiger partial charge in [0.1, 0.15) is 11.2 Å². The standard InChI is InChI=1S/C23H16N6S/c1-13-5-8-19(30-13)15-9-11-25-22-20(15)26-23(27-22)21-16-12-14(6-7-18(16)28-29-21)17-4-2-3-10-24-17/h2-12H,1H3,(H,28,29)(H,25,26,27). The lowest BCUT2D eigenvalue weighted by Gasteiger charge is -2.01. The van der Waals surface area contributed by atoms with Gasteiger partial charge in [-0.1, -0.05) is 12.1 Å². The zero-order valence-electron chi connectivity index (χ0n) is 16.0. The van der Waals surface area contributed by atoms with E-state index in [1.54, 1.807) is 17.5 Å². The smallest absolute Gasteiger partial charge is 0.160 e. The maximum absolute atomic E-state index is 4.88. The summed E-state index contributed by atoms with van der Waals surface area (Å²) in [4.78, 5) is 19.6. The zero-order chi connectivity index (χ0) is 20.1. The van der Waals surface area contributed by atoms with E-state index < -0.39 is 0 Å². The second-order valence-electron chi connectivity index (χ2n) is 7.10. The van der Waals surface area contributed by atoms with Crippen molar-refractivity contribution in [2.75, 3.05) is 0 Å². The molecule has 0 atom stereocenters. The highest BCUT2D eigenvalue weighted by Crippen LogP contribution is 2.34. The molecule has 0 spiro atoms. The minimum atomic E-state index is 0.697. The van der Waals surface area contributed by atoms with E-state index in [2.05, 4.69) is 50.3 Å². The van der Waals surface area contributed by atoms with Crippen molar-refractivity contribution in [3.8, 4) is 33.2 Å². The molecule has 2 N–H and O–H groups in total. The normalized spacial score (nSPS) is 11.5. The Hall–Kier alpha value is -3.84. The van der Waals surface area contributed by atoms with Crippen LogP contribution in [0.2, 0.25) is 0 Å². The van der Waals surface area contributed by atoms with Crippen molar-refractivity contribution in [2.45, 2.75) is 6.92 Å². The summed E-state index contributed by atoms with van der Waals surface area (Å²) in [5.41, 5.74) is 6.37. The van der Waals surface area contributed by atoms with Crippen LogP contribution in [0.3, 0.4) is 0 Å². The fourth-order valence-electron chi connectivity index (χ4n) is 3.69. The number of aryl methyl sites for hydroxylation is 1. The van der Waals surface area contributed by atoms with Gasteiger partial charge >= 0.3 is 0 Å². The average Bonchev–Trinajstić information content (AvgIpc) is 3.51. The van der Waals surface area contributed by atoms with E-state index in [0.29, 0.717) is 5.82 Å². The number of imidazole rings is 1. The summed E-state index contributed by atoms with van der Waals surface area (Å²) in [6.45, 7) is 2.11. The highest BCUT2D eigenvalue weighted by molar-refractivity contribution is 7.15. The molecule has 0 aliphatic carbocycles. The molecule has 0 fully saturated rings. The van der Waals surface area contributed by atoms with Crippen LogP contribution < -0.4 is 0 Å². The van der Waals surface area contributed by atoms with Crippen LogP contribution in [0.1, 0.15) is 4.88 Å². The summed E-state index contributed by atoms with van der Waals surface area (Å²) in [7, 11) is 0. The molecule has 0 amide bonds. The maximum Gasteiger partial charge on any atom is 0.160 e. The van der Waals surface area contributed by atoms with E-state index in [0.717, 1.165) is 44.6 Å². The number of hydrogen-bond donors (Lipinski definition) is 2. The maximum atomic E-state index is 4.88. The topological polar surface area (TPSA) is 83.1 Å². The fourth-order valence-corrected chi connectivity index (χ4v) is 4.58. The molecule has 0 unspecified atom stereocenters. The highest BCUT2D eigenvalue weighted by Gasteiger charge is 2.17. The van der Waals surface area contributed by atoms with Crippen molar-refractivity contribution in [2.24, 2.45) is 0 Å². The number of pyridine rings is 2. The molecule has 0 aliphatic heterocycles. The molecule has 30 heavy (non-hydrogen) atoms. The Balaban J connectivity index is 1.52. The number of benzene rings is 1. The Labute approximate surface area is 175 Å². The minimum absolute atomic E-state index is 0.697. The van der Waals surface area contributed by atoms with Crippen LogP contribution in [0.25, 0.3) is 55.3 Å². The van der Waals surface area contributed by atoms with Crippen molar-refractivity contribution >= 4 is 33.4 Å². The van der Waals surface area contributed by atoms with Gasteiger partial charge < -0.3 is 4.98 Å². The lowest BCUT2D eigenvalue weighted by molar-refractivity contribution is 1.10. The molecule has 7 heteroatoms. The van der Waals surface area contributed by atoms with Gasteiger partial charge in [0.2, 0.25) is 0 Å². The first kappa shape index (κ1) is 17.1. The molecule has 6 nitrogen and oxygen atoms in total. The van der Waals surface area contributed by atoms with Gasteiger partial charge in [-0.3, -0.25) is 10.1 Å². The van der Waals surface area contributed by atoms with Crippen molar-refractivity contribution in [1.82, 2.24) is 30.1 Å². The Morgan fingerprint density at radius 2 is 1.90 bits per heavy atom. The number of rotatable bonds is 3. The molecule has 5 heterocycles. The van der Waals surface area contributed by atoms with E-state index in [4.69, 9.17) is 4.98 Å². The van der Waals surface area contributed by atoms with Crippen LogP contribution in [0.4, 0.5) is 0 Å². The van der Waals surface area contributed by atoms with Crippen LogP contribution in [0.5, 0.6) is 0 Å². The first-order valence-electron chi connectivity index (χ1n) is 9.58. The minimum Gasteiger partial charge on any atom is -0.321 e. The summed E-state index contributed by atoms with van der Waals surface area (Å²) >= 11 is 1.75. The van der Waals surface area contributed by atoms with Crippen LogP contribution in [-0.2, 0) is 0 Å². The average molecular weight is 408 g/mol. The predicted octanol–water partition coefficient (Wildman–Crippen LogP) is 5.60. The van der Waals surface area contributed by atoms with Crippen molar-refractivity contribution in [3.63, 3.8) is 0 Å². The summed E-state index contributed by atoms with van der Waals surface area (Å²) in [5, 5.41) is 8.64. The quantitative estimate of drug-likeness (QED) is 0.399. The molecule has 0 aliphatic rings. The Bertz CT molecular complexity index is 1510. The summed E-state index contributed by atoms with van der Waals surface area (Å²) in [5.74, 6) is 0.697. The van der Waals surface area contributed by atoms with E-state index in [-0.39, 0.29) is 0 Å². The number of hydrogen-bond acceptors (Lipinski definition) is 5. The molecule has 0 saturated heterocycles. The van der Waals surface area contributed by atoms with Gasteiger partial charge in [0.05, 0.1) is 11.2 Å². The predicted molar refractivity (Wildman–Crippen MR) is 120 cm³/mol. The van der Waals surface area contributed by atoms with Crippen LogP contribution in [-0.4, -0.2) is 30.1 Å². The third-order valence-corrected chi connectivity index (χ3v) is 6.17. The number of aromatic nitrogens is 6. The summed E-state index contributed by atoms with van der Waals surface area (Å²) in [6.07, 6.45) is 3.62. The lowest BCUT2D eigenvalue weighted by atomic mass is 10.1. The highest BCUT2D eigenvalue weighted by atomic mass is 32.1. The summed E-state index contributed by atoms with van der Waals surface area (Å²) < 4.78 is 0. The molecule has 5 aromatic heterocycles. The molecule has 6 rings (SSSR count). The number of thiophene rings is 1. The second-order valence-corrected chi connectivity index (χ2v) is 8.39. The Morgan fingerprint density at radius 3 is 2.73 bits per heavy atom. The van der Waals surface area contributed by atoms with E-state index in [9.17, 15) is 0 Å². The number of fused-ring (bicyclic) bond motifs is 2. The van der Waals surface area contributed by atoms with E-state index in [1.165, 1.54) is 9.75 Å². The van der Waals surface area contributed by atoms with Crippen LogP contribution in [0, 0.1) is 6.92 Å². The summed E-state index contributed by atoms with van der Waals surface area (Å²) in [6, 6.07) is 18.3. The second kappa shape index (κ2) is 6.60. The van der Waals surface area contributed by atoms with E-state index >= 15 is 0 Å². The van der Waals surface area contributed by atoms with Gasteiger partial charge in [-0.2, -0.15) is 5.10 Å². The molecular weight excluding hydrogens is 392 g/mol. The molecule has 0 saturated carbocycles. The SMILES string of the molecule is Cc1ccc(-c2ccnc3[nH]c(-c4n[nH]c5ccc(-c6ccccn6)cc45)nc23)s1. The Morgan fingerprint density at radius 1 is 0.933 bits per heavy atom. The van der Waals surface area contributed by atoms with Gasteiger partial charge in [-0.25, -0.2) is 9.97 Å². The van der Waals surface area contributed by atoms with Gasteiger partial charge in [-0.15, -0.1) is 11.3 Å². The van der Waals surface area contributed by atoms with Crippen molar-refractivity contribution in [3.05, 3.63) is 71.9 Å². The molecule has 6 aromatic rings. The van der Waals surface area contributed by atoms with Gasteiger partial charge in [0.25, 0.3) is 0 Å². The molecule has 1 aromatic carbocycles. The first-order valence-corrected chi connectivity index (χ1v) is 10.4. The first-order chi connectivity index (χ1) is 14.8. The molecular formula is C23H16N6S. The third-order valence-electron chi connectivity index (χ3n) is 5.14. The molecule has 0 bridgehead atoms. The van der Waals surface area contributed by atoms with Crippen LogP contribution in [0.15, 0.2) is 67.0 Å². The number of H-pyrrole nitrogens is 2. The van der Waals surface area contributed by atoms with Crippen molar-refractivity contribution < 1.29 is 0 Å². The number of nitrogens with zero attached hydrogens (tertiary/aromatic N) is 4. The van der Waals surface area contributed by atoms with Crippen molar-refractivity contribution in [1.29, 1.82) is 0 Å². The fraction of sp³-hybridized carbons (Fsp3) is 0.0435. The molecule has 0 radical (unpaired) electrons. The molecule has 144 valence electrons. The van der Waals surface area contributed by atoms with Gasteiger partial charge in [0, 0.05) is 38.7 Å². The number of nitrogens with one attached hydrogen (secondary N) is 2. The Kier molecular flexibility index (Phi) is 3.75. The largest absolute Gasteiger partial charge is 0.321 e. The van der Waals surface area contributed by atoms with Gasteiger partial charge in [0.15, 0.2) is 11.5 Å². The zero-order valence-corrected chi connectivity index (χ0v) is 16.9. The van der Waals surface area contributed by atoms with E-state index in [1.807, 2.05) is 42.6 Å². The number of aromatic amines is 2. The van der Waals surface area contributed by atoms with Crippen LogP contribution >= 0.6 is 11.3 Å². The monoisotopic (exact) mass is 408 g/mol.